The van der Waals surface area contributed by atoms with E-state index >= 15 is 0 Å². The molecule has 0 fully saturated rings. The number of nitrogens with one attached hydrogen (secondary N) is 1. The highest BCUT2D eigenvalue weighted by atomic mass is 35.5. The third kappa shape index (κ3) is 5.26. The molecule has 0 radical (unpaired) electrons. The van der Waals surface area contributed by atoms with E-state index in [0.717, 1.165) is 48.6 Å². The lowest BCUT2D eigenvalue weighted by Gasteiger charge is -2.09. The summed E-state index contributed by atoms with van der Waals surface area (Å²) in [6.45, 7) is 0. The Morgan fingerprint density at radius 1 is 0.923 bits per heavy atom. The maximum atomic E-state index is 12.7. The molecule has 0 unspecified atom stereocenters. The van der Waals surface area contributed by atoms with Crippen LogP contribution in [0.25, 0.3) is 6.08 Å². The molecule has 0 saturated carbocycles. The number of amides is 1. The van der Waals surface area contributed by atoms with E-state index in [1.54, 1.807) is 0 Å². The fourth-order valence-corrected chi connectivity index (χ4v) is 2.15. The molecule has 0 aliphatic heterocycles. The van der Waals surface area contributed by atoms with Crippen molar-refractivity contribution in [3.05, 3.63) is 70.3 Å². The van der Waals surface area contributed by atoms with Crippen molar-refractivity contribution < 1.29 is 31.1 Å². The second-order valence-corrected chi connectivity index (χ2v) is 5.54. The molecule has 2 nitrogen and oxygen atoms in total. The number of alkyl halides is 6. The summed E-state index contributed by atoms with van der Waals surface area (Å²) >= 11 is 5.79. The Balaban J connectivity index is 2.16. The second-order valence-electron chi connectivity index (χ2n) is 5.14. The highest BCUT2D eigenvalue weighted by molar-refractivity contribution is 6.32. The van der Waals surface area contributed by atoms with E-state index in [0.29, 0.717) is 0 Å². The Kier molecular flexibility index (Phi) is 5.65. The Morgan fingerprint density at radius 3 is 2.15 bits per heavy atom. The fraction of sp³-hybridized carbons (Fsp3) is 0.118. The first-order valence-corrected chi connectivity index (χ1v) is 7.38. The number of hydrogen-bond donors (Lipinski definition) is 1. The molecule has 0 aliphatic carbocycles. The largest absolute Gasteiger partial charge is 0.416 e. The van der Waals surface area contributed by atoms with Crippen molar-refractivity contribution in [2.75, 3.05) is 5.32 Å². The van der Waals surface area contributed by atoms with E-state index in [1.807, 2.05) is 0 Å². The Morgan fingerprint density at radius 2 is 1.54 bits per heavy atom. The number of halogens is 7. The Hall–Kier alpha value is -2.48. The average Bonchev–Trinajstić information content (AvgIpc) is 2.52. The first-order chi connectivity index (χ1) is 12.0. The van der Waals surface area contributed by atoms with Gasteiger partial charge in [-0.15, -0.1) is 0 Å². The minimum absolute atomic E-state index is 0.0129. The molecule has 1 N–H and O–H groups in total. The SMILES string of the molecule is O=C(/C=C/c1cc(C(F)(F)F)ccc1Cl)Nc1cccc(C(F)(F)F)c1. The molecular weight excluding hydrogens is 384 g/mol. The smallest absolute Gasteiger partial charge is 0.322 e. The van der Waals surface area contributed by atoms with Gasteiger partial charge in [0.1, 0.15) is 0 Å². The van der Waals surface area contributed by atoms with Gasteiger partial charge in [-0.3, -0.25) is 4.79 Å². The monoisotopic (exact) mass is 393 g/mol. The van der Waals surface area contributed by atoms with Crippen LogP contribution >= 0.6 is 11.6 Å². The predicted octanol–water partition coefficient (Wildman–Crippen LogP) is 6.03. The minimum Gasteiger partial charge on any atom is -0.322 e. The first kappa shape index (κ1) is 19.8. The highest BCUT2D eigenvalue weighted by Crippen LogP contribution is 2.32. The predicted molar refractivity (Wildman–Crippen MR) is 85.6 cm³/mol. The van der Waals surface area contributed by atoms with Crippen LogP contribution in [0.3, 0.4) is 0 Å². The van der Waals surface area contributed by atoms with Gasteiger partial charge in [-0.25, -0.2) is 0 Å². The summed E-state index contributed by atoms with van der Waals surface area (Å²) < 4.78 is 75.9. The van der Waals surface area contributed by atoms with Gasteiger partial charge in [0.15, 0.2) is 0 Å². The molecule has 138 valence electrons. The summed E-state index contributed by atoms with van der Waals surface area (Å²) in [5.41, 5.74) is -2.05. The van der Waals surface area contributed by atoms with Crippen molar-refractivity contribution in [1.29, 1.82) is 0 Å². The maximum absolute atomic E-state index is 12.7. The van der Waals surface area contributed by atoms with Crippen LogP contribution < -0.4 is 5.32 Å². The van der Waals surface area contributed by atoms with Crippen LogP contribution in [0.1, 0.15) is 16.7 Å². The van der Waals surface area contributed by atoms with Crippen molar-refractivity contribution in [2.24, 2.45) is 0 Å². The second kappa shape index (κ2) is 7.41. The van der Waals surface area contributed by atoms with Crippen molar-refractivity contribution in [1.82, 2.24) is 0 Å². The van der Waals surface area contributed by atoms with Crippen LogP contribution in [-0.2, 0) is 17.1 Å². The van der Waals surface area contributed by atoms with Gasteiger partial charge in [-0.05, 0) is 48.0 Å². The van der Waals surface area contributed by atoms with Gasteiger partial charge in [0.2, 0.25) is 5.91 Å². The van der Waals surface area contributed by atoms with Gasteiger partial charge in [0.05, 0.1) is 11.1 Å². The van der Waals surface area contributed by atoms with E-state index in [9.17, 15) is 31.1 Å². The van der Waals surface area contributed by atoms with Crippen molar-refractivity contribution in [3.8, 4) is 0 Å². The Bertz CT molecular complexity index is 842. The van der Waals surface area contributed by atoms with Crippen LogP contribution in [0.2, 0.25) is 5.02 Å². The van der Waals surface area contributed by atoms with Gasteiger partial charge in [0, 0.05) is 16.8 Å². The van der Waals surface area contributed by atoms with E-state index in [4.69, 9.17) is 11.6 Å². The molecule has 2 aromatic carbocycles. The van der Waals surface area contributed by atoms with Crippen LogP contribution in [0.15, 0.2) is 48.5 Å². The van der Waals surface area contributed by atoms with E-state index in [2.05, 4.69) is 5.32 Å². The number of carbonyl (C=O) groups excluding carboxylic acids is 1. The number of rotatable bonds is 3. The van der Waals surface area contributed by atoms with E-state index in [1.165, 1.54) is 6.07 Å². The molecule has 0 heterocycles. The molecule has 0 atom stereocenters. The molecule has 1 amide bonds. The summed E-state index contributed by atoms with van der Waals surface area (Å²) in [4.78, 5) is 11.8. The zero-order valence-corrected chi connectivity index (χ0v) is 13.5. The highest BCUT2D eigenvalue weighted by Gasteiger charge is 2.31. The van der Waals surface area contributed by atoms with Gasteiger partial charge in [-0.1, -0.05) is 17.7 Å². The molecule has 0 saturated heterocycles. The van der Waals surface area contributed by atoms with Gasteiger partial charge in [-0.2, -0.15) is 26.3 Å². The fourth-order valence-electron chi connectivity index (χ4n) is 1.97. The lowest BCUT2D eigenvalue weighted by Crippen LogP contribution is -2.10. The van der Waals surface area contributed by atoms with Crippen LogP contribution in [0, 0.1) is 0 Å². The standard InChI is InChI=1S/C17H10ClF6NO/c18-14-6-5-12(17(22,23)24)8-10(14)4-7-15(26)25-13-3-1-2-11(9-13)16(19,20)21/h1-9H,(H,25,26)/b7-4+. The van der Waals surface area contributed by atoms with Crippen molar-refractivity contribution in [3.63, 3.8) is 0 Å². The number of hydrogen-bond acceptors (Lipinski definition) is 1. The third-order valence-corrected chi connectivity index (χ3v) is 3.54. The number of carbonyl (C=O) groups is 1. The molecule has 0 spiro atoms. The van der Waals surface area contributed by atoms with Crippen molar-refractivity contribution >= 4 is 29.3 Å². The van der Waals surface area contributed by atoms with Gasteiger partial charge >= 0.3 is 12.4 Å². The molecule has 26 heavy (non-hydrogen) atoms. The maximum Gasteiger partial charge on any atom is 0.416 e. The van der Waals surface area contributed by atoms with Crippen LogP contribution in [0.5, 0.6) is 0 Å². The average molecular weight is 394 g/mol. The van der Waals surface area contributed by atoms with Crippen molar-refractivity contribution in [2.45, 2.75) is 12.4 Å². The zero-order chi connectivity index (χ0) is 19.5. The third-order valence-electron chi connectivity index (χ3n) is 3.20. The first-order valence-electron chi connectivity index (χ1n) is 7.00. The summed E-state index contributed by atoms with van der Waals surface area (Å²) in [6.07, 6.45) is -7.22. The molecular formula is C17H10ClF6NO. The van der Waals surface area contributed by atoms with Gasteiger partial charge < -0.3 is 5.32 Å². The lowest BCUT2D eigenvalue weighted by atomic mass is 10.1. The van der Waals surface area contributed by atoms with Crippen LogP contribution in [-0.4, -0.2) is 5.91 Å². The molecule has 0 aliphatic rings. The molecule has 0 bridgehead atoms. The van der Waals surface area contributed by atoms with E-state index in [-0.39, 0.29) is 16.3 Å². The Labute approximate surface area is 149 Å². The molecule has 0 aromatic heterocycles. The zero-order valence-electron chi connectivity index (χ0n) is 12.8. The lowest BCUT2D eigenvalue weighted by molar-refractivity contribution is -0.138. The summed E-state index contributed by atoms with van der Waals surface area (Å²) in [5.74, 6) is -0.821. The summed E-state index contributed by atoms with van der Waals surface area (Å²) in [5, 5.41) is 2.19. The van der Waals surface area contributed by atoms with Crippen LogP contribution in [0.4, 0.5) is 32.0 Å². The molecule has 2 aromatic rings. The van der Waals surface area contributed by atoms with Gasteiger partial charge in [0.25, 0.3) is 0 Å². The molecule has 2 rings (SSSR count). The number of anilines is 1. The summed E-state index contributed by atoms with van der Waals surface area (Å²) in [6, 6.07) is 6.54. The van der Waals surface area contributed by atoms with E-state index < -0.39 is 29.4 Å². The molecule has 9 heteroatoms. The summed E-state index contributed by atoms with van der Waals surface area (Å²) in [7, 11) is 0. The topological polar surface area (TPSA) is 29.1 Å². The normalized spacial score (nSPS) is 12.4. The number of benzene rings is 2. The quantitative estimate of drug-likeness (QED) is 0.500. The minimum atomic E-state index is -4.58.